The zero-order valence-electron chi connectivity index (χ0n) is 22.3. The number of hydrogen-bond acceptors (Lipinski definition) is 9. The first-order valence-electron chi connectivity index (χ1n) is 12.5. The molecule has 0 aliphatic rings. The van der Waals surface area contributed by atoms with E-state index in [1.807, 2.05) is 42.6 Å². The Bertz CT molecular complexity index is 1300. The van der Waals surface area contributed by atoms with Crippen molar-refractivity contribution in [2.75, 3.05) is 5.48 Å². The van der Waals surface area contributed by atoms with E-state index in [1.165, 1.54) is 11.3 Å². The van der Waals surface area contributed by atoms with E-state index < -0.39 is 34.8 Å². The minimum atomic E-state index is -3.03. The molecule has 0 aliphatic heterocycles. The topological polar surface area (TPSA) is 136 Å². The molecule has 1 heterocycles. The van der Waals surface area contributed by atoms with Crippen molar-refractivity contribution >= 4 is 40.0 Å². The SMILES string of the molecule is CCc1csc([C@H](Cc2ccc(NO[SH](=O)=O)cc2)NC(=O)[C@@H](Cc2ccccc2)NC(=O)OC(C)(C)C)n1. The number of rotatable bonds is 12. The molecular formula is C27H34N4O6S2. The number of thiazole rings is 1. The van der Waals surface area contributed by atoms with E-state index in [-0.39, 0.29) is 12.3 Å². The molecule has 0 radical (unpaired) electrons. The Morgan fingerprint density at radius 2 is 1.64 bits per heavy atom. The van der Waals surface area contributed by atoms with Crippen LogP contribution in [0.25, 0.3) is 0 Å². The zero-order valence-corrected chi connectivity index (χ0v) is 24.0. The first kappa shape index (κ1) is 30.1. The normalized spacial score (nSPS) is 12.9. The Morgan fingerprint density at radius 3 is 2.23 bits per heavy atom. The number of nitrogens with one attached hydrogen (secondary N) is 3. The molecule has 2 atom stereocenters. The van der Waals surface area contributed by atoms with Gasteiger partial charge in [-0.2, -0.15) is 4.28 Å². The lowest BCUT2D eigenvalue weighted by molar-refractivity contribution is -0.124. The standard InChI is InChI=1S/C27H34N4O6S2/c1-5-20-17-38-25(28-20)23(16-19-11-13-21(14-12-19)31-37-39(34)35)29-24(32)22(15-18-9-7-6-8-10-18)30-26(33)36-27(2,3)4/h6-14,17,22-23,31,39H,5,15-16H2,1-4H3,(H,29,32)(H,30,33)/t22-,23+/m1/s1. The minimum absolute atomic E-state index is 0.277. The number of carbonyl (C=O) groups excluding carboxylic acids is 2. The quantitative estimate of drug-likeness (QED) is 0.187. The summed E-state index contributed by atoms with van der Waals surface area (Å²) in [7, 11) is -3.03. The molecule has 3 N–H and O–H groups in total. The number of thiol groups is 1. The van der Waals surface area contributed by atoms with Crippen molar-refractivity contribution in [3.8, 4) is 0 Å². The molecule has 2 aromatic carbocycles. The highest BCUT2D eigenvalue weighted by atomic mass is 32.2. The lowest BCUT2D eigenvalue weighted by Crippen LogP contribution is -2.50. The van der Waals surface area contributed by atoms with E-state index in [0.717, 1.165) is 28.2 Å². The molecule has 0 unspecified atom stereocenters. The average molecular weight is 575 g/mol. The Kier molecular flexibility index (Phi) is 10.8. The maximum absolute atomic E-state index is 13.6. The van der Waals surface area contributed by atoms with E-state index in [9.17, 15) is 18.0 Å². The summed E-state index contributed by atoms with van der Waals surface area (Å²) in [6, 6.07) is 15.0. The van der Waals surface area contributed by atoms with Crippen LogP contribution in [0.2, 0.25) is 0 Å². The van der Waals surface area contributed by atoms with Gasteiger partial charge in [-0.05, 0) is 56.9 Å². The average Bonchev–Trinajstić information content (AvgIpc) is 3.36. The van der Waals surface area contributed by atoms with Crippen LogP contribution in [-0.2, 0) is 44.1 Å². The zero-order chi connectivity index (χ0) is 28.4. The minimum Gasteiger partial charge on any atom is -0.444 e. The van der Waals surface area contributed by atoms with Crippen molar-refractivity contribution in [3.63, 3.8) is 0 Å². The molecule has 3 rings (SSSR count). The van der Waals surface area contributed by atoms with Gasteiger partial charge in [0.05, 0.1) is 17.4 Å². The van der Waals surface area contributed by atoms with Gasteiger partial charge in [-0.15, -0.1) is 11.3 Å². The summed E-state index contributed by atoms with van der Waals surface area (Å²) >= 11 is 1.46. The molecule has 0 fully saturated rings. The lowest BCUT2D eigenvalue weighted by Gasteiger charge is -2.25. The molecule has 12 heteroatoms. The summed E-state index contributed by atoms with van der Waals surface area (Å²) in [6.45, 7) is 7.29. The largest absolute Gasteiger partial charge is 0.444 e. The van der Waals surface area contributed by atoms with Crippen LogP contribution in [0.3, 0.4) is 0 Å². The van der Waals surface area contributed by atoms with Crippen LogP contribution in [0, 0.1) is 0 Å². The summed E-state index contributed by atoms with van der Waals surface area (Å²) in [5, 5.41) is 8.51. The molecular weight excluding hydrogens is 540 g/mol. The number of nitrogens with zero attached hydrogens (tertiary/aromatic N) is 1. The van der Waals surface area contributed by atoms with Gasteiger partial charge in [0.2, 0.25) is 5.91 Å². The monoisotopic (exact) mass is 574 g/mol. The van der Waals surface area contributed by atoms with Crippen molar-refractivity contribution in [2.24, 2.45) is 0 Å². The molecule has 210 valence electrons. The number of aromatic nitrogens is 1. The molecule has 1 aromatic heterocycles. The predicted octanol–water partition coefficient (Wildman–Crippen LogP) is 4.11. The van der Waals surface area contributed by atoms with Crippen molar-refractivity contribution in [3.05, 3.63) is 81.8 Å². The van der Waals surface area contributed by atoms with Crippen molar-refractivity contribution < 1.29 is 27.0 Å². The summed E-state index contributed by atoms with van der Waals surface area (Å²) in [6.07, 6.45) is 0.780. The fraction of sp³-hybridized carbons (Fsp3) is 0.370. The third-order valence-electron chi connectivity index (χ3n) is 5.47. The molecule has 0 aliphatic carbocycles. The fourth-order valence-electron chi connectivity index (χ4n) is 3.66. The third kappa shape index (κ3) is 10.3. The molecule has 0 saturated heterocycles. The van der Waals surface area contributed by atoms with Crippen LogP contribution >= 0.6 is 11.3 Å². The molecule has 2 amide bonds. The van der Waals surface area contributed by atoms with Gasteiger partial charge in [-0.3, -0.25) is 4.79 Å². The number of carbonyl (C=O) groups is 2. The summed E-state index contributed by atoms with van der Waals surface area (Å²) in [4.78, 5) is 30.9. The Balaban J connectivity index is 1.82. The number of amides is 2. The van der Waals surface area contributed by atoms with Crippen LogP contribution in [0.4, 0.5) is 10.5 Å². The maximum Gasteiger partial charge on any atom is 0.408 e. The maximum atomic E-state index is 13.6. The second kappa shape index (κ2) is 14.1. The smallest absolute Gasteiger partial charge is 0.408 e. The van der Waals surface area contributed by atoms with Gasteiger partial charge < -0.3 is 15.4 Å². The van der Waals surface area contributed by atoms with Crippen molar-refractivity contribution in [1.82, 2.24) is 15.6 Å². The predicted molar refractivity (Wildman–Crippen MR) is 151 cm³/mol. The first-order valence-corrected chi connectivity index (χ1v) is 14.4. The number of hydrogen-bond donors (Lipinski definition) is 4. The van der Waals surface area contributed by atoms with Gasteiger partial charge in [0.1, 0.15) is 16.7 Å². The summed E-state index contributed by atoms with van der Waals surface area (Å²) in [5.74, 6) is -0.367. The highest BCUT2D eigenvalue weighted by Crippen LogP contribution is 2.24. The molecule has 39 heavy (non-hydrogen) atoms. The van der Waals surface area contributed by atoms with Crippen LogP contribution in [-0.4, -0.2) is 37.0 Å². The summed E-state index contributed by atoms with van der Waals surface area (Å²) in [5.41, 5.74) is 4.78. The van der Waals surface area contributed by atoms with Gasteiger partial charge in [0.15, 0.2) is 0 Å². The number of aryl methyl sites for hydroxylation is 1. The van der Waals surface area contributed by atoms with Gasteiger partial charge in [-0.25, -0.2) is 23.7 Å². The second-order valence-corrected chi connectivity index (χ2v) is 11.3. The van der Waals surface area contributed by atoms with Crippen LogP contribution < -0.4 is 16.1 Å². The lowest BCUT2D eigenvalue weighted by atomic mass is 10.0. The Labute approximate surface area is 234 Å². The number of benzene rings is 2. The number of ether oxygens (including phenoxy) is 1. The van der Waals surface area contributed by atoms with E-state index in [1.54, 1.807) is 45.0 Å². The fourth-order valence-corrected chi connectivity index (χ4v) is 4.79. The Hall–Kier alpha value is -3.48. The Morgan fingerprint density at radius 1 is 0.974 bits per heavy atom. The van der Waals surface area contributed by atoms with Gasteiger partial charge in [0, 0.05) is 11.8 Å². The van der Waals surface area contributed by atoms with Crippen molar-refractivity contribution in [1.29, 1.82) is 0 Å². The first-order chi connectivity index (χ1) is 18.5. The van der Waals surface area contributed by atoms with E-state index in [2.05, 4.69) is 25.4 Å². The highest BCUT2D eigenvalue weighted by Gasteiger charge is 2.28. The third-order valence-corrected chi connectivity index (χ3v) is 6.72. The van der Waals surface area contributed by atoms with Crippen LogP contribution in [0.15, 0.2) is 60.0 Å². The van der Waals surface area contributed by atoms with Gasteiger partial charge in [0.25, 0.3) is 11.0 Å². The van der Waals surface area contributed by atoms with Crippen LogP contribution in [0.1, 0.15) is 55.6 Å². The van der Waals surface area contributed by atoms with Gasteiger partial charge in [-0.1, -0.05) is 49.4 Å². The van der Waals surface area contributed by atoms with E-state index in [0.29, 0.717) is 12.1 Å². The van der Waals surface area contributed by atoms with E-state index in [4.69, 9.17) is 4.74 Å². The molecule has 0 bridgehead atoms. The summed E-state index contributed by atoms with van der Waals surface area (Å²) < 4.78 is 31.1. The van der Waals surface area contributed by atoms with Gasteiger partial charge >= 0.3 is 6.09 Å². The number of alkyl carbamates (subject to hydrolysis) is 1. The molecule has 10 nitrogen and oxygen atoms in total. The number of anilines is 1. The second-order valence-electron chi connectivity index (χ2n) is 9.80. The van der Waals surface area contributed by atoms with Crippen LogP contribution in [0.5, 0.6) is 0 Å². The van der Waals surface area contributed by atoms with E-state index >= 15 is 0 Å². The molecule has 0 saturated carbocycles. The molecule has 0 spiro atoms. The van der Waals surface area contributed by atoms with Crippen molar-refractivity contribution in [2.45, 2.75) is 64.6 Å². The highest BCUT2D eigenvalue weighted by molar-refractivity contribution is 7.67. The molecule has 3 aromatic rings.